The molecule has 0 aromatic carbocycles. The number of nitrogens with zero attached hydrogens (tertiary/aromatic N) is 1. The maximum atomic E-state index is 4.44. The normalized spacial score (nSPS) is 21.0. The summed E-state index contributed by atoms with van der Waals surface area (Å²) in [6.45, 7) is 2.01. The Kier molecular flexibility index (Phi) is 2.09. The summed E-state index contributed by atoms with van der Waals surface area (Å²) in [6.07, 6.45) is 12.2. The summed E-state index contributed by atoms with van der Waals surface area (Å²) in [4.78, 5) is 4.44. The minimum Gasteiger partial charge on any atom is -0.253 e. The molecule has 0 unspecified atom stereocenters. The molecule has 1 aromatic rings. The number of aryl methyl sites for hydroxylation is 1. The Morgan fingerprint density at radius 1 is 0.923 bits per heavy atom. The van der Waals surface area contributed by atoms with Crippen LogP contribution in [0.25, 0.3) is 12.2 Å². The predicted octanol–water partition coefficient (Wildman–Crippen LogP) is 2.99. The van der Waals surface area contributed by atoms with E-state index in [1.54, 1.807) is 0 Å². The summed E-state index contributed by atoms with van der Waals surface area (Å²) in [5.74, 6) is 0. The summed E-state index contributed by atoms with van der Waals surface area (Å²) < 4.78 is 0. The zero-order valence-electron chi connectivity index (χ0n) is 7.57. The molecule has 1 heteroatoms. The molecular formula is C12H11N. The Balaban J connectivity index is 2.56. The average molecular weight is 169 g/mol. The number of fused-ring (bicyclic) bond motifs is 1. The molecule has 0 spiro atoms. The van der Waals surface area contributed by atoms with Crippen LogP contribution in [0.3, 0.4) is 0 Å². The second kappa shape index (κ2) is 3.40. The number of hydrogen-bond donors (Lipinski definition) is 0. The van der Waals surface area contributed by atoms with Crippen LogP contribution < -0.4 is 0 Å². The molecule has 2 rings (SSSR count). The third kappa shape index (κ3) is 1.75. The number of aromatic nitrogens is 1. The van der Waals surface area contributed by atoms with E-state index in [1.807, 2.05) is 43.4 Å². The van der Waals surface area contributed by atoms with Gasteiger partial charge in [0.1, 0.15) is 0 Å². The highest BCUT2D eigenvalue weighted by Crippen LogP contribution is 2.13. The van der Waals surface area contributed by atoms with Crippen molar-refractivity contribution < 1.29 is 0 Å². The molecule has 1 nitrogen and oxygen atoms in total. The molecule has 0 N–H and O–H groups in total. The van der Waals surface area contributed by atoms with E-state index in [4.69, 9.17) is 0 Å². The third-order valence-corrected chi connectivity index (χ3v) is 1.96. The fraction of sp³-hybridized carbons (Fsp3) is 0.0833. The van der Waals surface area contributed by atoms with E-state index in [0.717, 1.165) is 11.4 Å². The van der Waals surface area contributed by atoms with Crippen LogP contribution in [-0.2, 0) is 0 Å². The minimum atomic E-state index is 1.04. The number of allylic oxidation sites excluding steroid dienone is 4. The van der Waals surface area contributed by atoms with Crippen molar-refractivity contribution in [3.8, 4) is 0 Å². The van der Waals surface area contributed by atoms with Gasteiger partial charge < -0.3 is 0 Å². The van der Waals surface area contributed by atoms with Gasteiger partial charge in [-0.3, -0.25) is 4.98 Å². The van der Waals surface area contributed by atoms with E-state index in [-0.39, 0.29) is 0 Å². The topological polar surface area (TPSA) is 12.9 Å². The first kappa shape index (κ1) is 7.99. The van der Waals surface area contributed by atoms with Crippen molar-refractivity contribution in [1.29, 1.82) is 0 Å². The van der Waals surface area contributed by atoms with E-state index in [9.17, 15) is 0 Å². The molecule has 1 heterocycles. The second-order valence-electron chi connectivity index (χ2n) is 3.03. The van der Waals surface area contributed by atoms with E-state index >= 15 is 0 Å². The van der Waals surface area contributed by atoms with Gasteiger partial charge >= 0.3 is 0 Å². The molecule has 0 saturated heterocycles. The fourth-order valence-corrected chi connectivity index (χ4v) is 1.30. The van der Waals surface area contributed by atoms with Gasteiger partial charge in [0.25, 0.3) is 0 Å². The smallest absolute Gasteiger partial charge is 0.0705 e. The van der Waals surface area contributed by atoms with Gasteiger partial charge in [-0.1, -0.05) is 36.4 Å². The largest absolute Gasteiger partial charge is 0.253 e. The lowest BCUT2D eigenvalue weighted by molar-refractivity contribution is 1.17. The molecule has 0 fully saturated rings. The number of rotatable bonds is 0. The lowest BCUT2D eigenvalue weighted by Crippen LogP contribution is -1.89. The Hall–Kier alpha value is -1.63. The number of hydrogen-bond acceptors (Lipinski definition) is 1. The van der Waals surface area contributed by atoms with Crippen molar-refractivity contribution in [1.82, 2.24) is 4.98 Å². The zero-order chi connectivity index (χ0) is 9.10. The summed E-state index contributed by atoms with van der Waals surface area (Å²) in [5.41, 5.74) is 3.27. The molecule has 0 bridgehead atoms. The first-order valence-electron chi connectivity index (χ1n) is 4.35. The average Bonchev–Trinajstić information content (AvgIpc) is 2.08. The molecule has 1 aliphatic rings. The van der Waals surface area contributed by atoms with Gasteiger partial charge in [-0.15, -0.1) is 0 Å². The summed E-state index contributed by atoms with van der Waals surface area (Å²) in [6, 6.07) is 4.12. The van der Waals surface area contributed by atoms with Crippen LogP contribution in [0, 0.1) is 6.92 Å². The maximum Gasteiger partial charge on any atom is 0.0705 e. The van der Waals surface area contributed by atoms with Gasteiger partial charge in [0, 0.05) is 11.3 Å². The van der Waals surface area contributed by atoms with Crippen molar-refractivity contribution in [3.63, 3.8) is 0 Å². The van der Waals surface area contributed by atoms with Gasteiger partial charge in [-0.25, -0.2) is 0 Å². The first-order valence-corrected chi connectivity index (χ1v) is 4.35. The van der Waals surface area contributed by atoms with Crippen molar-refractivity contribution in [2.45, 2.75) is 6.92 Å². The SMILES string of the molecule is Cc1ccc2c(n1)\C=C/C=C\C=C/2. The van der Waals surface area contributed by atoms with Crippen LogP contribution in [0.5, 0.6) is 0 Å². The molecule has 13 heavy (non-hydrogen) atoms. The van der Waals surface area contributed by atoms with E-state index in [0.29, 0.717) is 0 Å². The minimum absolute atomic E-state index is 1.04. The van der Waals surface area contributed by atoms with E-state index < -0.39 is 0 Å². The monoisotopic (exact) mass is 169 g/mol. The van der Waals surface area contributed by atoms with Crippen LogP contribution in [0.1, 0.15) is 17.0 Å². The molecular weight excluding hydrogens is 158 g/mol. The number of pyridine rings is 1. The van der Waals surface area contributed by atoms with Crippen molar-refractivity contribution in [3.05, 3.63) is 53.4 Å². The molecule has 1 aromatic heterocycles. The van der Waals surface area contributed by atoms with Crippen LogP contribution in [-0.4, -0.2) is 4.98 Å². The van der Waals surface area contributed by atoms with Crippen molar-refractivity contribution in [2.75, 3.05) is 0 Å². The summed E-state index contributed by atoms with van der Waals surface area (Å²) in [7, 11) is 0. The van der Waals surface area contributed by atoms with Crippen LogP contribution in [0.4, 0.5) is 0 Å². The van der Waals surface area contributed by atoms with Crippen LogP contribution >= 0.6 is 0 Å². The first-order chi connectivity index (χ1) is 6.36. The molecule has 1 aliphatic carbocycles. The highest BCUT2D eigenvalue weighted by molar-refractivity contribution is 5.65. The lowest BCUT2D eigenvalue weighted by atomic mass is 10.1. The molecule has 64 valence electrons. The van der Waals surface area contributed by atoms with Gasteiger partial charge in [-0.05, 0) is 19.1 Å². The Labute approximate surface area is 78.1 Å². The fourth-order valence-electron chi connectivity index (χ4n) is 1.30. The van der Waals surface area contributed by atoms with Gasteiger partial charge in [0.2, 0.25) is 0 Å². The van der Waals surface area contributed by atoms with Gasteiger partial charge in [0.15, 0.2) is 0 Å². The van der Waals surface area contributed by atoms with Crippen LogP contribution in [0.2, 0.25) is 0 Å². The predicted molar refractivity (Wildman–Crippen MR) is 56.2 cm³/mol. The van der Waals surface area contributed by atoms with E-state index in [1.165, 1.54) is 5.56 Å². The standard InChI is InChI=1S/C12H11N/c1-10-8-9-11-6-4-2-3-5-7-12(11)13-10/h2-9H,1H3/b3-2-,4-2?,5-3?,6-4-,7-5-,11-6?,12-7?. The Morgan fingerprint density at radius 3 is 2.54 bits per heavy atom. The van der Waals surface area contributed by atoms with Gasteiger partial charge in [-0.2, -0.15) is 0 Å². The van der Waals surface area contributed by atoms with E-state index in [2.05, 4.69) is 17.1 Å². The lowest BCUT2D eigenvalue weighted by Gasteiger charge is -2.02. The molecule has 0 radical (unpaired) electrons. The quantitative estimate of drug-likeness (QED) is 0.581. The zero-order valence-corrected chi connectivity index (χ0v) is 7.57. The Bertz CT molecular complexity index is 398. The Morgan fingerprint density at radius 2 is 1.69 bits per heavy atom. The third-order valence-electron chi connectivity index (χ3n) is 1.96. The molecule has 0 amide bonds. The highest BCUT2D eigenvalue weighted by Gasteiger charge is 1.97. The van der Waals surface area contributed by atoms with Crippen LogP contribution in [0.15, 0.2) is 36.4 Å². The van der Waals surface area contributed by atoms with Crippen molar-refractivity contribution in [2.24, 2.45) is 0 Å². The molecule has 0 saturated carbocycles. The summed E-state index contributed by atoms with van der Waals surface area (Å²) in [5, 5.41) is 0. The maximum absolute atomic E-state index is 4.44. The molecule has 0 aliphatic heterocycles. The second-order valence-corrected chi connectivity index (χ2v) is 3.03. The van der Waals surface area contributed by atoms with Gasteiger partial charge in [0.05, 0.1) is 5.69 Å². The highest BCUT2D eigenvalue weighted by atomic mass is 14.7. The van der Waals surface area contributed by atoms with Crippen molar-refractivity contribution >= 4 is 12.2 Å². The molecule has 0 atom stereocenters. The summed E-state index contributed by atoms with van der Waals surface area (Å²) >= 11 is 0.